The van der Waals surface area contributed by atoms with E-state index in [0.717, 1.165) is 0 Å². The Hall–Kier alpha value is -2.55. The maximum atomic E-state index is 12.0. The number of Topliss-reactive ketones (excluding diaryl/α,β-unsaturated/α-hetero) is 1. The molecule has 0 radical (unpaired) electrons. The molecule has 0 aromatic heterocycles. The standard InChI is InChI=1S/C14H14N2O4/c15-5-6-16-14(18)4-2-11(17)10-1-3-12-13(9-10)20-8-7-19-12/h1,3,9H,2,4,6-8H2,(H,16,18). The van der Waals surface area contributed by atoms with Gasteiger partial charge in [0.15, 0.2) is 17.3 Å². The van der Waals surface area contributed by atoms with Gasteiger partial charge in [0, 0.05) is 18.4 Å². The molecule has 0 saturated carbocycles. The quantitative estimate of drug-likeness (QED) is 0.640. The van der Waals surface area contributed by atoms with Gasteiger partial charge < -0.3 is 14.8 Å². The van der Waals surface area contributed by atoms with E-state index in [2.05, 4.69) is 5.32 Å². The third-order valence-corrected chi connectivity index (χ3v) is 2.81. The molecule has 1 aromatic rings. The van der Waals surface area contributed by atoms with Crippen molar-refractivity contribution >= 4 is 11.7 Å². The van der Waals surface area contributed by atoms with Crippen LogP contribution in [0.25, 0.3) is 0 Å². The summed E-state index contributed by atoms with van der Waals surface area (Å²) in [6.45, 7) is 0.914. The Labute approximate surface area is 116 Å². The second-order valence-corrected chi connectivity index (χ2v) is 4.22. The van der Waals surface area contributed by atoms with E-state index in [4.69, 9.17) is 14.7 Å². The predicted octanol–water partition coefficient (Wildman–Crippen LogP) is 1.06. The first-order valence-electron chi connectivity index (χ1n) is 6.27. The number of nitrogens with zero attached hydrogens (tertiary/aromatic N) is 1. The summed E-state index contributed by atoms with van der Waals surface area (Å²) in [6.07, 6.45) is 0.159. The highest BCUT2D eigenvalue weighted by Crippen LogP contribution is 2.31. The first kappa shape index (κ1) is 13.9. The van der Waals surface area contributed by atoms with Gasteiger partial charge in [-0.25, -0.2) is 0 Å². The number of nitrogens with one attached hydrogen (secondary N) is 1. The molecule has 0 unspecified atom stereocenters. The van der Waals surface area contributed by atoms with Crippen molar-refractivity contribution in [1.82, 2.24) is 5.32 Å². The number of benzene rings is 1. The van der Waals surface area contributed by atoms with Crippen molar-refractivity contribution in [2.45, 2.75) is 12.8 Å². The van der Waals surface area contributed by atoms with E-state index in [1.807, 2.05) is 0 Å². The Morgan fingerprint density at radius 2 is 1.95 bits per heavy atom. The molecule has 1 aliphatic rings. The molecule has 0 spiro atoms. The van der Waals surface area contributed by atoms with Crippen LogP contribution < -0.4 is 14.8 Å². The Kier molecular flexibility index (Phi) is 4.56. The molecule has 1 aromatic carbocycles. The van der Waals surface area contributed by atoms with Crippen LogP contribution in [0.15, 0.2) is 18.2 Å². The van der Waals surface area contributed by atoms with Crippen molar-refractivity contribution in [3.63, 3.8) is 0 Å². The molecule has 6 heteroatoms. The summed E-state index contributed by atoms with van der Waals surface area (Å²) >= 11 is 0. The zero-order valence-electron chi connectivity index (χ0n) is 10.8. The Morgan fingerprint density at radius 1 is 1.20 bits per heavy atom. The molecule has 0 saturated heterocycles. The number of nitriles is 1. The molecule has 1 heterocycles. The van der Waals surface area contributed by atoms with Crippen molar-refractivity contribution in [2.24, 2.45) is 0 Å². The van der Waals surface area contributed by atoms with Gasteiger partial charge in [-0.15, -0.1) is 0 Å². The van der Waals surface area contributed by atoms with Crippen LogP contribution in [0.3, 0.4) is 0 Å². The summed E-state index contributed by atoms with van der Waals surface area (Å²) in [5.41, 5.74) is 0.488. The summed E-state index contributed by atoms with van der Waals surface area (Å²) in [6, 6.07) is 6.78. The molecular formula is C14H14N2O4. The van der Waals surface area contributed by atoms with E-state index in [1.165, 1.54) is 0 Å². The smallest absolute Gasteiger partial charge is 0.221 e. The lowest BCUT2D eigenvalue weighted by Crippen LogP contribution is -2.23. The van der Waals surface area contributed by atoms with Crippen LogP contribution in [0.2, 0.25) is 0 Å². The minimum atomic E-state index is -0.308. The van der Waals surface area contributed by atoms with Crippen molar-refractivity contribution in [1.29, 1.82) is 5.26 Å². The molecule has 0 atom stereocenters. The number of ether oxygens (including phenoxy) is 2. The van der Waals surface area contributed by atoms with Gasteiger partial charge >= 0.3 is 0 Å². The highest BCUT2D eigenvalue weighted by atomic mass is 16.6. The summed E-state index contributed by atoms with van der Waals surface area (Å²) in [4.78, 5) is 23.3. The largest absolute Gasteiger partial charge is 0.486 e. The van der Waals surface area contributed by atoms with Gasteiger partial charge in [0.1, 0.15) is 19.8 Å². The van der Waals surface area contributed by atoms with Crippen LogP contribution in [-0.4, -0.2) is 31.4 Å². The van der Waals surface area contributed by atoms with Gasteiger partial charge in [0.25, 0.3) is 0 Å². The molecule has 2 rings (SSSR count). The molecule has 1 aliphatic heterocycles. The SMILES string of the molecule is N#CCNC(=O)CCC(=O)c1ccc2c(c1)OCCO2. The molecule has 20 heavy (non-hydrogen) atoms. The monoisotopic (exact) mass is 274 g/mol. The summed E-state index contributed by atoms with van der Waals surface area (Å²) < 4.78 is 10.8. The first-order valence-corrected chi connectivity index (χ1v) is 6.27. The second-order valence-electron chi connectivity index (χ2n) is 4.22. The predicted molar refractivity (Wildman–Crippen MR) is 69.6 cm³/mol. The number of carbonyl (C=O) groups is 2. The van der Waals surface area contributed by atoms with Crippen molar-refractivity contribution in [3.8, 4) is 17.6 Å². The van der Waals surface area contributed by atoms with E-state index in [1.54, 1.807) is 24.3 Å². The topological polar surface area (TPSA) is 88.4 Å². The van der Waals surface area contributed by atoms with E-state index in [0.29, 0.717) is 30.3 Å². The van der Waals surface area contributed by atoms with Gasteiger partial charge in [0.05, 0.1) is 6.07 Å². The van der Waals surface area contributed by atoms with Gasteiger partial charge in [-0.05, 0) is 18.2 Å². The number of hydrogen-bond donors (Lipinski definition) is 1. The van der Waals surface area contributed by atoms with E-state index < -0.39 is 0 Å². The number of ketones is 1. The third-order valence-electron chi connectivity index (χ3n) is 2.81. The minimum Gasteiger partial charge on any atom is -0.486 e. The molecule has 1 amide bonds. The van der Waals surface area contributed by atoms with Crippen molar-refractivity contribution < 1.29 is 19.1 Å². The summed E-state index contributed by atoms with van der Waals surface area (Å²) in [5, 5.41) is 10.7. The fraction of sp³-hybridized carbons (Fsp3) is 0.357. The highest BCUT2D eigenvalue weighted by Gasteiger charge is 2.15. The molecule has 1 N–H and O–H groups in total. The summed E-state index contributed by atoms with van der Waals surface area (Å²) in [5.74, 6) is 0.724. The normalized spacial score (nSPS) is 12.3. The summed E-state index contributed by atoms with van der Waals surface area (Å²) in [7, 11) is 0. The molecule has 0 fully saturated rings. The zero-order chi connectivity index (χ0) is 14.4. The van der Waals surface area contributed by atoms with Gasteiger partial charge in [-0.3, -0.25) is 9.59 Å². The molecule has 6 nitrogen and oxygen atoms in total. The number of rotatable bonds is 5. The number of hydrogen-bond acceptors (Lipinski definition) is 5. The van der Waals surface area contributed by atoms with Crippen LogP contribution in [0.1, 0.15) is 23.2 Å². The van der Waals surface area contributed by atoms with Crippen LogP contribution in [-0.2, 0) is 4.79 Å². The molecule has 104 valence electrons. The number of carbonyl (C=O) groups excluding carboxylic acids is 2. The number of amides is 1. The van der Waals surface area contributed by atoms with Crippen LogP contribution in [0.4, 0.5) is 0 Å². The van der Waals surface area contributed by atoms with Gasteiger partial charge in [-0.1, -0.05) is 0 Å². The van der Waals surface area contributed by atoms with E-state index >= 15 is 0 Å². The van der Waals surface area contributed by atoms with Crippen LogP contribution >= 0.6 is 0 Å². The Bertz CT molecular complexity index is 563. The van der Waals surface area contributed by atoms with E-state index in [-0.39, 0.29) is 31.1 Å². The fourth-order valence-corrected chi connectivity index (χ4v) is 1.81. The van der Waals surface area contributed by atoms with Crippen molar-refractivity contribution in [3.05, 3.63) is 23.8 Å². The molecule has 0 bridgehead atoms. The van der Waals surface area contributed by atoms with Gasteiger partial charge in [-0.2, -0.15) is 5.26 Å². The van der Waals surface area contributed by atoms with Crippen molar-refractivity contribution in [2.75, 3.05) is 19.8 Å². The average Bonchev–Trinajstić information content (AvgIpc) is 2.50. The highest BCUT2D eigenvalue weighted by molar-refractivity contribution is 5.98. The average molecular weight is 274 g/mol. The minimum absolute atomic E-state index is 0.0446. The van der Waals surface area contributed by atoms with Gasteiger partial charge in [0.2, 0.25) is 5.91 Å². The Balaban J connectivity index is 1.93. The number of fused-ring (bicyclic) bond motifs is 1. The second kappa shape index (κ2) is 6.57. The lowest BCUT2D eigenvalue weighted by atomic mass is 10.1. The Morgan fingerprint density at radius 3 is 2.70 bits per heavy atom. The maximum Gasteiger partial charge on any atom is 0.221 e. The lowest BCUT2D eigenvalue weighted by molar-refractivity contribution is -0.120. The molecular weight excluding hydrogens is 260 g/mol. The fourth-order valence-electron chi connectivity index (χ4n) is 1.81. The third kappa shape index (κ3) is 3.48. The van der Waals surface area contributed by atoms with Crippen LogP contribution in [0, 0.1) is 11.3 Å². The van der Waals surface area contributed by atoms with E-state index in [9.17, 15) is 9.59 Å². The van der Waals surface area contributed by atoms with Crippen LogP contribution in [0.5, 0.6) is 11.5 Å². The molecule has 0 aliphatic carbocycles. The lowest BCUT2D eigenvalue weighted by Gasteiger charge is -2.18. The maximum absolute atomic E-state index is 12.0. The first-order chi connectivity index (χ1) is 9.70. The zero-order valence-corrected chi connectivity index (χ0v) is 10.8.